The molecule has 0 amide bonds. The molecule has 1 atom stereocenters. The van der Waals surface area contributed by atoms with Gasteiger partial charge in [0.25, 0.3) is 0 Å². The second-order valence-electron chi connectivity index (χ2n) is 5.07. The zero-order valence-corrected chi connectivity index (χ0v) is 12.8. The molecule has 0 saturated carbocycles. The molecule has 102 valence electrons. The predicted molar refractivity (Wildman–Crippen MR) is 78.1 cm³/mol. The molecule has 0 aromatic heterocycles. The third-order valence-corrected chi connectivity index (χ3v) is 3.40. The van der Waals surface area contributed by atoms with Crippen LogP contribution in [0.15, 0.2) is 22.7 Å². The van der Waals surface area contributed by atoms with Crippen LogP contribution < -0.4 is 10.6 Å². The Hall–Kier alpha value is -0.450. The first-order valence-electron chi connectivity index (χ1n) is 6.37. The average molecular weight is 317 g/mol. The summed E-state index contributed by atoms with van der Waals surface area (Å²) in [7, 11) is 0. The predicted octanol–water partition coefficient (Wildman–Crippen LogP) is 3.31. The zero-order chi connectivity index (χ0) is 13.5. The fourth-order valence-electron chi connectivity index (χ4n) is 1.61. The molecule has 2 nitrogen and oxygen atoms in total. The molecule has 0 saturated heterocycles. The lowest BCUT2D eigenvalue weighted by atomic mass is 10.2. The third kappa shape index (κ3) is 5.94. The van der Waals surface area contributed by atoms with Gasteiger partial charge in [-0.1, -0.05) is 35.8 Å². The van der Waals surface area contributed by atoms with Crippen LogP contribution in [0.4, 0.5) is 4.39 Å². The van der Waals surface area contributed by atoms with E-state index in [1.165, 1.54) is 12.1 Å². The van der Waals surface area contributed by atoms with Crippen molar-refractivity contribution in [2.75, 3.05) is 13.1 Å². The van der Waals surface area contributed by atoms with Crippen LogP contribution in [0.1, 0.15) is 26.3 Å². The Morgan fingerprint density at radius 1 is 1.22 bits per heavy atom. The molecule has 0 bridgehead atoms. The first kappa shape index (κ1) is 15.6. The Balaban J connectivity index is 2.31. The smallest absolute Gasteiger partial charge is 0.124 e. The summed E-state index contributed by atoms with van der Waals surface area (Å²) in [4.78, 5) is 0. The molecule has 0 heterocycles. The number of nitrogens with one attached hydrogen (secondary N) is 2. The SMILES string of the molecule is CC(C)CNCC(C)NCc1ccc(F)cc1Br. The highest BCUT2D eigenvalue weighted by Gasteiger charge is 2.05. The molecule has 2 N–H and O–H groups in total. The van der Waals surface area contributed by atoms with E-state index >= 15 is 0 Å². The van der Waals surface area contributed by atoms with Crippen molar-refractivity contribution in [1.29, 1.82) is 0 Å². The summed E-state index contributed by atoms with van der Waals surface area (Å²) in [6.07, 6.45) is 0. The average Bonchev–Trinajstić information content (AvgIpc) is 2.27. The van der Waals surface area contributed by atoms with Gasteiger partial charge in [0.2, 0.25) is 0 Å². The van der Waals surface area contributed by atoms with Crippen molar-refractivity contribution in [3.8, 4) is 0 Å². The number of hydrogen-bond donors (Lipinski definition) is 2. The minimum Gasteiger partial charge on any atom is -0.315 e. The molecular formula is C14H22BrFN2. The molecule has 0 radical (unpaired) electrons. The van der Waals surface area contributed by atoms with Crippen LogP contribution in [0.5, 0.6) is 0 Å². The van der Waals surface area contributed by atoms with Gasteiger partial charge in [-0.25, -0.2) is 4.39 Å². The van der Waals surface area contributed by atoms with E-state index in [1.807, 2.05) is 0 Å². The van der Waals surface area contributed by atoms with Gasteiger partial charge >= 0.3 is 0 Å². The second-order valence-corrected chi connectivity index (χ2v) is 5.92. The Labute approximate surface area is 117 Å². The maximum absolute atomic E-state index is 12.9. The van der Waals surface area contributed by atoms with E-state index < -0.39 is 0 Å². The van der Waals surface area contributed by atoms with Crippen LogP contribution in [-0.2, 0) is 6.54 Å². The van der Waals surface area contributed by atoms with Crippen LogP contribution in [0, 0.1) is 11.7 Å². The maximum Gasteiger partial charge on any atom is 0.124 e. The highest BCUT2D eigenvalue weighted by Crippen LogP contribution is 2.17. The van der Waals surface area contributed by atoms with Crippen LogP contribution in [-0.4, -0.2) is 19.1 Å². The van der Waals surface area contributed by atoms with Gasteiger partial charge in [0, 0.05) is 23.6 Å². The summed E-state index contributed by atoms with van der Waals surface area (Å²) in [6, 6.07) is 5.18. The Bertz CT molecular complexity index is 369. The van der Waals surface area contributed by atoms with Crippen molar-refractivity contribution < 1.29 is 4.39 Å². The molecule has 1 aromatic rings. The highest BCUT2D eigenvalue weighted by molar-refractivity contribution is 9.10. The number of hydrogen-bond acceptors (Lipinski definition) is 2. The van der Waals surface area contributed by atoms with Crippen molar-refractivity contribution in [2.45, 2.75) is 33.4 Å². The second kappa shape index (κ2) is 7.87. The van der Waals surface area contributed by atoms with Crippen LogP contribution >= 0.6 is 15.9 Å². The van der Waals surface area contributed by atoms with E-state index in [-0.39, 0.29) is 5.82 Å². The van der Waals surface area contributed by atoms with Crippen LogP contribution in [0.3, 0.4) is 0 Å². The zero-order valence-electron chi connectivity index (χ0n) is 11.3. The summed E-state index contributed by atoms with van der Waals surface area (Å²) in [6.45, 7) is 9.25. The Morgan fingerprint density at radius 2 is 1.94 bits per heavy atom. The minimum atomic E-state index is -0.211. The van der Waals surface area contributed by atoms with Gasteiger partial charge in [-0.15, -0.1) is 0 Å². The molecule has 4 heteroatoms. The normalized spacial score (nSPS) is 13.0. The summed E-state index contributed by atoms with van der Waals surface area (Å²) in [5.74, 6) is 0.459. The summed E-state index contributed by atoms with van der Waals surface area (Å²) in [5, 5.41) is 6.83. The van der Waals surface area contributed by atoms with E-state index in [2.05, 4.69) is 47.3 Å². The van der Waals surface area contributed by atoms with Gasteiger partial charge in [-0.3, -0.25) is 0 Å². The Morgan fingerprint density at radius 3 is 2.56 bits per heavy atom. The topological polar surface area (TPSA) is 24.1 Å². The lowest BCUT2D eigenvalue weighted by molar-refractivity contribution is 0.471. The molecule has 1 unspecified atom stereocenters. The summed E-state index contributed by atoms with van der Waals surface area (Å²) < 4.78 is 13.7. The molecule has 0 spiro atoms. The molecule has 0 aliphatic carbocycles. The first-order chi connectivity index (χ1) is 8.49. The summed E-state index contributed by atoms with van der Waals surface area (Å²) >= 11 is 3.37. The lowest BCUT2D eigenvalue weighted by Crippen LogP contribution is -2.37. The van der Waals surface area contributed by atoms with Crippen molar-refractivity contribution in [1.82, 2.24) is 10.6 Å². The van der Waals surface area contributed by atoms with Crippen LogP contribution in [0.25, 0.3) is 0 Å². The molecule has 18 heavy (non-hydrogen) atoms. The van der Waals surface area contributed by atoms with Gasteiger partial charge < -0.3 is 10.6 Å². The van der Waals surface area contributed by atoms with E-state index in [4.69, 9.17) is 0 Å². The number of halogens is 2. The van der Waals surface area contributed by atoms with Crippen molar-refractivity contribution >= 4 is 15.9 Å². The highest BCUT2D eigenvalue weighted by atomic mass is 79.9. The van der Waals surface area contributed by atoms with Gasteiger partial charge in [-0.2, -0.15) is 0 Å². The standard InChI is InChI=1S/C14H22BrFN2/c1-10(2)7-17-8-11(3)18-9-12-4-5-13(16)6-14(12)15/h4-6,10-11,17-18H,7-9H2,1-3H3. The molecule has 0 fully saturated rings. The van der Waals surface area contributed by atoms with Gasteiger partial charge in [0.05, 0.1) is 0 Å². The number of rotatable bonds is 7. The van der Waals surface area contributed by atoms with E-state index in [0.717, 1.165) is 29.7 Å². The van der Waals surface area contributed by atoms with Crippen molar-refractivity contribution in [3.05, 3.63) is 34.1 Å². The van der Waals surface area contributed by atoms with Crippen molar-refractivity contribution in [3.63, 3.8) is 0 Å². The first-order valence-corrected chi connectivity index (χ1v) is 7.16. The van der Waals surface area contributed by atoms with Crippen LogP contribution in [0.2, 0.25) is 0 Å². The maximum atomic E-state index is 12.9. The van der Waals surface area contributed by atoms with Gasteiger partial charge in [0.1, 0.15) is 5.82 Å². The third-order valence-electron chi connectivity index (χ3n) is 2.66. The van der Waals surface area contributed by atoms with Gasteiger partial charge in [0.15, 0.2) is 0 Å². The molecule has 1 aromatic carbocycles. The largest absolute Gasteiger partial charge is 0.315 e. The summed E-state index contributed by atoms with van der Waals surface area (Å²) in [5.41, 5.74) is 1.08. The molecule has 1 rings (SSSR count). The fraction of sp³-hybridized carbons (Fsp3) is 0.571. The van der Waals surface area contributed by atoms with Crippen molar-refractivity contribution in [2.24, 2.45) is 5.92 Å². The van der Waals surface area contributed by atoms with Gasteiger partial charge in [-0.05, 0) is 37.1 Å². The van der Waals surface area contributed by atoms with E-state index in [1.54, 1.807) is 6.07 Å². The van der Waals surface area contributed by atoms with E-state index in [0.29, 0.717) is 12.0 Å². The fourth-order valence-corrected chi connectivity index (χ4v) is 2.10. The molecule has 0 aliphatic heterocycles. The monoisotopic (exact) mass is 316 g/mol. The molecular weight excluding hydrogens is 295 g/mol. The quantitative estimate of drug-likeness (QED) is 0.806. The number of benzene rings is 1. The minimum absolute atomic E-state index is 0.211. The lowest BCUT2D eigenvalue weighted by Gasteiger charge is -2.16. The van der Waals surface area contributed by atoms with E-state index in [9.17, 15) is 4.39 Å². The Kier molecular flexibility index (Phi) is 6.82. The molecule has 0 aliphatic rings.